The Labute approximate surface area is 64.4 Å². The van der Waals surface area contributed by atoms with Crippen LogP contribution in [0.2, 0.25) is 19.6 Å². The second-order valence-electron chi connectivity index (χ2n) is 3.33. The third-order valence-corrected chi connectivity index (χ3v) is 10.3. The lowest BCUT2D eigenvalue weighted by Crippen LogP contribution is -2.66. The van der Waals surface area contributed by atoms with Crippen molar-refractivity contribution < 1.29 is 8.23 Å². The Kier molecular flexibility index (Phi) is 1.67. The van der Waals surface area contributed by atoms with Gasteiger partial charge < -0.3 is 8.23 Å². The minimum absolute atomic E-state index is 1.08. The monoisotopic (exact) mass is 174 g/mol. The van der Waals surface area contributed by atoms with E-state index in [2.05, 4.69) is 19.7 Å². The molecule has 0 N–H and O–H groups in total. The van der Waals surface area contributed by atoms with E-state index in [4.69, 9.17) is 8.23 Å². The number of allylic oxidation sites excluding steroid dienone is 1. The summed E-state index contributed by atoms with van der Waals surface area (Å²) in [6, 6.07) is 0. The first-order chi connectivity index (χ1) is 4.36. The second-order valence-corrected chi connectivity index (χ2v) is 10.5. The molecule has 1 fully saturated rings. The van der Waals surface area contributed by atoms with Crippen LogP contribution in [0.1, 0.15) is 6.92 Å². The topological polar surface area (TPSA) is 18.5 Å². The zero-order valence-electron chi connectivity index (χ0n) is 7.02. The number of hydrogen-bond acceptors (Lipinski definition) is 2. The molecular weight excluding hydrogens is 160 g/mol. The highest BCUT2D eigenvalue weighted by Crippen LogP contribution is 2.34. The molecule has 2 nitrogen and oxygen atoms in total. The summed E-state index contributed by atoms with van der Waals surface area (Å²) in [4.78, 5) is 0. The standard InChI is InChI=1S/C6H14O2Si2/c1-6(2)10(5)7-9(3,4)8-10/h1H2,2-5H3. The fourth-order valence-electron chi connectivity index (χ4n) is 1.12. The summed E-state index contributed by atoms with van der Waals surface area (Å²) in [7, 11) is -3.49. The molecule has 0 atom stereocenters. The lowest BCUT2D eigenvalue weighted by atomic mass is 10.8. The third-order valence-electron chi connectivity index (χ3n) is 1.66. The van der Waals surface area contributed by atoms with Crippen LogP contribution in [0.4, 0.5) is 0 Å². The molecule has 0 aromatic heterocycles. The second kappa shape index (κ2) is 2.04. The molecule has 4 heteroatoms. The van der Waals surface area contributed by atoms with E-state index in [1.807, 2.05) is 13.5 Å². The Morgan fingerprint density at radius 2 is 1.60 bits per heavy atom. The molecule has 0 aromatic rings. The lowest BCUT2D eigenvalue weighted by Gasteiger charge is -2.48. The van der Waals surface area contributed by atoms with E-state index in [0.717, 1.165) is 5.20 Å². The Hall–Kier alpha value is 0.0938. The molecule has 1 aliphatic heterocycles. The lowest BCUT2D eigenvalue weighted by molar-refractivity contribution is 0.239. The van der Waals surface area contributed by atoms with Gasteiger partial charge in [-0.05, 0) is 31.8 Å². The molecule has 1 aliphatic rings. The zero-order chi connectivity index (χ0) is 7.99. The van der Waals surface area contributed by atoms with Gasteiger partial charge in [-0.25, -0.2) is 0 Å². The van der Waals surface area contributed by atoms with Crippen molar-refractivity contribution in [2.75, 3.05) is 0 Å². The van der Waals surface area contributed by atoms with E-state index in [1.54, 1.807) is 0 Å². The Balaban J connectivity index is 2.58. The molecule has 0 aliphatic carbocycles. The van der Waals surface area contributed by atoms with Crippen molar-refractivity contribution in [1.29, 1.82) is 0 Å². The highest BCUT2D eigenvalue weighted by molar-refractivity contribution is 6.96. The van der Waals surface area contributed by atoms with Gasteiger partial charge in [-0.15, -0.1) is 0 Å². The van der Waals surface area contributed by atoms with Crippen LogP contribution in [0.3, 0.4) is 0 Å². The van der Waals surface area contributed by atoms with Gasteiger partial charge in [0, 0.05) is 0 Å². The number of rotatable bonds is 1. The van der Waals surface area contributed by atoms with Gasteiger partial charge in [-0.3, -0.25) is 0 Å². The predicted molar refractivity (Wildman–Crippen MR) is 46.1 cm³/mol. The molecule has 1 rings (SSSR count). The van der Waals surface area contributed by atoms with E-state index in [0.29, 0.717) is 0 Å². The van der Waals surface area contributed by atoms with Crippen LogP contribution in [-0.4, -0.2) is 17.1 Å². The van der Waals surface area contributed by atoms with Crippen LogP contribution in [0.15, 0.2) is 11.8 Å². The normalized spacial score (nSPS) is 27.2. The van der Waals surface area contributed by atoms with Crippen LogP contribution in [0.5, 0.6) is 0 Å². The summed E-state index contributed by atoms with van der Waals surface area (Å²) in [5, 5.41) is 1.08. The molecule has 0 aromatic carbocycles. The average Bonchev–Trinajstić information content (AvgIpc) is 1.59. The predicted octanol–water partition coefficient (Wildman–Crippen LogP) is 1.92. The molecule has 0 radical (unpaired) electrons. The zero-order valence-corrected chi connectivity index (χ0v) is 9.02. The Bertz CT molecular complexity index is 169. The molecule has 58 valence electrons. The summed E-state index contributed by atoms with van der Waals surface area (Å²) in [5.74, 6) is 0. The first-order valence-electron chi connectivity index (χ1n) is 3.42. The summed E-state index contributed by atoms with van der Waals surface area (Å²) >= 11 is 0. The molecule has 0 bridgehead atoms. The van der Waals surface area contributed by atoms with E-state index in [1.165, 1.54) is 0 Å². The molecule has 0 spiro atoms. The summed E-state index contributed by atoms with van der Waals surface area (Å²) < 4.78 is 11.5. The van der Waals surface area contributed by atoms with Crippen LogP contribution in [0, 0.1) is 0 Å². The Morgan fingerprint density at radius 3 is 1.70 bits per heavy atom. The first-order valence-corrected chi connectivity index (χ1v) is 8.55. The van der Waals surface area contributed by atoms with Gasteiger partial charge in [0.25, 0.3) is 0 Å². The highest BCUT2D eigenvalue weighted by atomic mass is 28.5. The average molecular weight is 174 g/mol. The van der Waals surface area contributed by atoms with Crippen molar-refractivity contribution in [2.45, 2.75) is 26.6 Å². The van der Waals surface area contributed by atoms with E-state index in [9.17, 15) is 0 Å². The highest BCUT2D eigenvalue weighted by Gasteiger charge is 2.54. The van der Waals surface area contributed by atoms with Crippen molar-refractivity contribution in [3.63, 3.8) is 0 Å². The van der Waals surface area contributed by atoms with E-state index < -0.39 is 17.1 Å². The molecule has 0 amide bonds. The fourth-order valence-corrected chi connectivity index (χ4v) is 10.1. The fraction of sp³-hybridized carbons (Fsp3) is 0.667. The maximum atomic E-state index is 5.73. The maximum Gasteiger partial charge on any atom is 0.346 e. The van der Waals surface area contributed by atoms with Gasteiger partial charge >= 0.3 is 17.1 Å². The van der Waals surface area contributed by atoms with Crippen molar-refractivity contribution >= 4 is 17.1 Å². The molecular formula is C6H14O2Si2. The minimum atomic E-state index is -1.84. The van der Waals surface area contributed by atoms with Gasteiger partial charge in [0.2, 0.25) is 0 Å². The van der Waals surface area contributed by atoms with Gasteiger partial charge in [-0.2, -0.15) is 0 Å². The van der Waals surface area contributed by atoms with Gasteiger partial charge in [0.05, 0.1) is 0 Å². The van der Waals surface area contributed by atoms with Crippen LogP contribution in [-0.2, 0) is 8.23 Å². The van der Waals surface area contributed by atoms with Crippen molar-refractivity contribution in [1.82, 2.24) is 0 Å². The van der Waals surface area contributed by atoms with E-state index >= 15 is 0 Å². The molecule has 0 saturated carbocycles. The SMILES string of the molecule is C=C(C)[Si]1(C)O[Si](C)(C)O1. The third kappa shape index (κ3) is 1.24. The maximum absolute atomic E-state index is 5.73. The van der Waals surface area contributed by atoms with Crippen LogP contribution < -0.4 is 0 Å². The van der Waals surface area contributed by atoms with Crippen molar-refractivity contribution in [3.8, 4) is 0 Å². The largest absolute Gasteiger partial charge is 0.413 e. The summed E-state index contributed by atoms with van der Waals surface area (Å²) in [6.45, 7) is 12.0. The smallest absolute Gasteiger partial charge is 0.346 e. The van der Waals surface area contributed by atoms with Crippen molar-refractivity contribution in [2.24, 2.45) is 0 Å². The van der Waals surface area contributed by atoms with Crippen LogP contribution >= 0.6 is 0 Å². The molecule has 0 unspecified atom stereocenters. The minimum Gasteiger partial charge on any atom is -0.413 e. The van der Waals surface area contributed by atoms with Crippen LogP contribution in [0.25, 0.3) is 0 Å². The molecule has 1 heterocycles. The molecule has 10 heavy (non-hydrogen) atoms. The van der Waals surface area contributed by atoms with Gasteiger partial charge in [0.1, 0.15) is 0 Å². The quantitative estimate of drug-likeness (QED) is 0.566. The first kappa shape index (κ1) is 8.19. The number of hydrogen-bond donors (Lipinski definition) is 0. The summed E-state index contributed by atoms with van der Waals surface area (Å²) in [5.41, 5.74) is 0. The van der Waals surface area contributed by atoms with Crippen molar-refractivity contribution in [3.05, 3.63) is 11.8 Å². The van der Waals surface area contributed by atoms with Gasteiger partial charge in [-0.1, -0.05) is 6.58 Å². The Morgan fingerprint density at radius 1 is 1.20 bits per heavy atom. The molecule has 1 saturated heterocycles. The van der Waals surface area contributed by atoms with Gasteiger partial charge in [0.15, 0.2) is 0 Å². The summed E-state index contributed by atoms with van der Waals surface area (Å²) in [6.07, 6.45) is 0. The van der Waals surface area contributed by atoms with E-state index in [-0.39, 0.29) is 0 Å².